The summed E-state index contributed by atoms with van der Waals surface area (Å²) in [4.78, 5) is 21.3. The van der Waals surface area contributed by atoms with E-state index in [1.54, 1.807) is 0 Å². The highest BCUT2D eigenvalue weighted by molar-refractivity contribution is 5.08. The lowest BCUT2D eigenvalue weighted by molar-refractivity contribution is -0.738. The lowest BCUT2D eigenvalue weighted by atomic mass is 10.8. The largest absolute Gasteiger partial charge is 0.385 e. The smallest absolute Gasteiger partial charge is 0.302 e. The van der Waals surface area contributed by atoms with Crippen molar-refractivity contribution in [3.63, 3.8) is 0 Å². The van der Waals surface area contributed by atoms with Crippen LogP contribution in [0.5, 0.6) is 0 Å². The molecule has 0 saturated carbocycles. The molecule has 0 aliphatic carbocycles. The third kappa shape index (κ3) is 1.04. The molecule has 0 aromatic carbocycles. The first-order valence-corrected chi connectivity index (χ1v) is 2.34. The molecule has 1 heterocycles. The van der Waals surface area contributed by atoms with Crippen molar-refractivity contribution in [2.45, 2.75) is 0 Å². The lowest BCUT2D eigenvalue weighted by Gasteiger charge is -1.83. The van der Waals surface area contributed by atoms with Gasteiger partial charge in [0.15, 0.2) is 11.3 Å². The highest BCUT2D eigenvalue weighted by Crippen LogP contribution is 2.01. The van der Waals surface area contributed by atoms with Gasteiger partial charge in [-0.05, 0) is 4.91 Å². The molecule has 9 heavy (non-hydrogen) atoms. The maximum atomic E-state index is 10.5. The number of rotatable bonds is 2. The number of nitrogens with one attached hydrogen (secondary N) is 1. The number of aromatic amines is 1. The van der Waals surface area contributed by atoms with Crippen LogP contribution >= 0.6 is 0 Å². The summed E-state index contributed by atoms with van der Waals surface area (Å²) in [6, 6.07) is 0. The van der Waals surface area contributed by atoms with Crippen molar-refractivity contribution in [3.8, 4) is 0 Å². The first kappa shape index (κ1) is 5.74. The summed E-state index contributed by atoms with van der Waals surface area (Å²) < 4.78 is 0. The van der Waals surface area contributed by atoms with Gasteiger partial charge in [0.1, 0.15) is 13.3 Å². The van der Waals surface area contributed by atoms with E-state index in [1.165, 1.54) is 19.6 Å². The fraction of sp³-hybridized carbons (Fsp3) is 0.250. The maximum Gasteiger partial charge on any atom is 0.385 e. The summed E-state index contributed by atoms with van der Waals surface area (Å²) >= 11 is 0. The van der Waals surface area contributed by atoms with Gasteiger partial charge in [-0.25, -0.2) is 9.97 Å². The third-order valence-corrected chi connectivity index (χ3v) is 0.846. The molecule has 0 spiro atoms. The van der Waals surface area contributed by atoms with Gasteiger partial charge < -0.3 is 4.84 Å². The molecule has 1 aromatic heterocycles. The average Bonchev–Trinajstić information content (AvgIpc) is 2.37. The van der Waals surface area contributed by atoms with Crippen LogP contribution in [0.3, 0.4) is 0 Å². The molecule has 48 valence electrons. The Morgan fingerprint density at radius 1 is 1.89 bits per heavy atom. The van der Waals surface area contributed by atoms with E-state index in [9.17, 15) is 4.91 Å². The maximum absolute atomic E-state index is 10.5. The number of hydrogen-bond donors (Lipinski definition) is 1. The molecule has 0 atom stereocenters. The molecule has 0 amide bonds. The van der Waals surface area contributed by atoms with Gasteiger partial charge in [-0.3, -0.25) is 0 Å². The first-order valence-electron chi connectivity index (χ1n) is 2.34. The van der Waals surface area contributed by atoms with E-state index in [0.29, 0.717) is 4.92 Å². The molecule has 0 fully saturated rings. The number of imidazole rings is 1. The summed E-state index contributed by atoms with van der Waals surface area (Å²) in [5.74, 6) is 0.289. The fourth-order valence-corrected chi connectivity index (χ4v) is 0.447. The van der Waals surface area contributed by atoms with Crippen LogP contribution in [0.15, 0.2) is 12.5 Å². The van der Waals surface area contributed by atoms with Crippen LogP contribution in [0, 0.1) is 4.91 Å². The van der Waals surface area contributed by atoms with Crippen LogP contribution in [0.4, 0.5) is 5.82 Å². The molecule has 1 rings (SSSR count). The molecular weight excluding hydrogens is 122 g/mol. The van der Waals surface area contributed by atoms with Crippen molar-refractivity contribution in [3.05, 3.63) is 17.4 Å². The molecule has 5 heteroatoms. The van der Waals surface area contributed by atoms with Crippen molar-refractivity contribution < 1.29 is 9.76 Å². The average molecular weight is 128 g/mol. The Hall–Kier alpha value is -1.39. The monoisotopic (exact) mass is 128 g/mol. The van der Waals surface area contributed by atoms with E-state index < -0.39 is 0 Å². The lowest BCUT2D eigenvalue weighted by Crippen LogP contribution is -1.97. The van der Waals surface area contributed by atoms with Gasteiger partial charge >= 0.3 is 5.82 Å². The predicted molar refractivity (Wildman–Crippen MR) is 28.9 cm³/mol. The minimum absolute atomic E-state index is 0.289. The Morgan fingerprint density at radius 2 is 2.67 bits per heavy atom. The second-order valence-corrected chi connectivity index (χ2v) is 1.38. The summed E-state index contributed by atoms with van der Waals surface area (Å²) in [7, 11) is 1.29. The molecule has 0 aliphatic heterocycles. The molecule has 5 nitrogen and oxygen atoms in total. The van der Waals surface area contributed by atoms with Crippen LogP contribution < -0.4 is 0 Å². The topological polar surface area (TPSA) is 58.0 Å². The second-order valence-electron chi connectivity index (χ2n) is 1.38. The third-order valence-electron chi connectivity index (χ3n) is 0.846. The van der Waals surface area contributed by atoms with E-state index >= 15 is 0 Å². The molecule has 0 saturated heterocycles. The number of nitrogens with zero attached hydrogens (tertiary/aromatic N) is 2. The van der Waals surface area contributed by atoms with E-state index in [0.717, 1.165) is 0 Å². The highest BCUT2D eigenvalue weighted by atomic mass is 16.8. The first-order chi connectivity index (χ1) is 4.34. The highest BCUT2D eigenvalue weighted by Gasteiger charge is 2.09. The Labute approximate surface area is 51.2 Å². The van der Waals surface area contributed by atoms with Gasteiger partial charge in [-0.2, -0.15) is 0 Å². The zero-order chi connectivity index (χ0) is 6.69. The summed E-state index contributed by atoms with van der Waals surface area (Å²) in [5.41, 5.74) is 0. The Bertz CT molecular complexity index is 194. The van der Waals surface area contributed by atoms with Gasteiger partial charge in [0.2, 0.25) is 0 Å². The van der Waals surface area contributed by atoms with Crippen molar-refractivity contribution >= 4 is 5.82 Å². The zero-order valence-electron chi connectivity index (χ0n) is 4.87. The quantitative estimate of drug-likeness (QED) is 0.586. The van der Waals surface area contributed by atoms with Crippen molar-refractivity contribution in [2.75, 3.05) is 7.11 Å². The Morgan fingerprint density at radius 3 is 3.11 bits per heavy atom. The van der Waals surface area contributed by atoms with Crippen molar-refractivity contribution in [2.24, 2.45) is 0 Å². The molecule has 1 aromatic rings. The fourth-order valence-electron chi connectivity index (χ4n) is 0.447. The minimum atomic E-state index is 0.289. The summed E-state index contributed by atoms with van der Waals surface area (Å²) in [5, 5.41) is 0. The zero-order valence-corrected chi connectivity index (χ0v) is 4.87. The SMILES string of the molecule is CO[N+](=O)c1cnc[nH]1. The van der Waals surface area contributed by atoms with Gasteiger partial charge in [0.05, 0.1) is 0 Å². The van der Waals surface area contributed by atoms with Crippen LogP contribution in [-0.2, 0) is 4.84 Å². The van der Waals surface area contributed by atoms with E-state index in [-0.39, 0.29) is 5.82 Å². The van der Waals surface area contributed by atoms with Crippen LogP contribution in [0.25, 0.3) is 0 Å². The summed E-state index contributed by atoms with van der Waals surface area (Å²) in [6.07, 6.45) is 2.77. The van der Waals surface area contributed by atoms with Crippen LogP contribution in [0.1, 0.15) is 0 Å². The standard InChI is InChI=1S/C4H6N3O2/c1-9-7(8)4-2-5-3-6-4/h2-3H,1H3,(H,5,6)/q+1. The molecule has 0 unspecified atom stereocenters. The number of aromatic nitrogens is 2. The Balaban J connectivity index is 2.77. The molecule has 0 radical (unpaired) electrons. The van der Waals surface area contributed by atoms with Gasteiger partial charge in [-0.15, -0.1) is 0 Å². The molecular formula is C4H6N3O2+. The van der Waals surface area contributed by atoms with Crippen LogP contribution in [0.2, 0.25) is 0 Å². The number of hydrogen-bond acceptors (Lipinski definition) is 3. The van der Waals surface area contributed by atoms with E-state index in [2.05, 4.69) is 14.8 Å². The molecule has 0 bridgehead atoms. The van der Waals surface area contributed by atoms with E-state index in [4.69, 9.17) is 0 Å². The van der Waals surface area contributed by atoms with Crippen LogP contribution in [-0.4, -0.2) is 22.0 Å². The van der Waals surface area contributed by atoms with E-state index in [1.807, 2.05) is 0 Å². The predicted octanol–water partition coefficient (Wildman–Crippen LogP) is 0.381. The van der Waals surface area contributed by atoms with Crippen molar-refractivity contribution in [1.82, 2.24) is 9.97 Å². The normalized spacial score (nSPS) is 9.00. The molecule has 0 aliphatic rings. The Kier molecular flexibility index (Phi) is 1.44. The summed E-state index contributed by atoms with van der Waals surface area (Å²) in [6.45, 7) is 0. The molecule has 1 N–H and O–H groups in total. The van der Waals surface area contributed by atoms with Gasteiger partial charge in [0.25, 0.3) is 0 Å². The van der Waals surface area contributed by atoms with Crippen molar-refractivity contribution in [1.29, 1.82) is 0 Å². The second kappa shape index (κ2) is 2.25. The van der Waals surface area contributed by atoms with Gasteiger partial charge in [0, 0.05) is 0 Å². The number of H-pyrrole nitrogens is 1. The minimum Gasteiger partial charge on any atom is -0.302 e. The van der Waals surface area contributed by atoms with Gasteiger partial charge in [-0.1, -0.05) is 0 Å².